The van der Waals surface area contributed by atoms with E-state index in [9.17, 15) is 4.79 Å². The van der Waals surface area contributed by atoms with Gasteiger partial charge in [0.1, 0.15) is 5.75 Å². The first-order valence-corrected chi connectivity index (χ1v) is 10.0. The monoisotopic (exact) mass is 397 g/mol. The van der Waals surface area contributed by atoms with E-state index in [0.29, 0.717) is 6.61 Å². The van der Waals surface area contributed by atoms with Crippen molar-refractivity contribution >= 4 is 28.2 Å². The second kappa shape index (κ2) is 8.67. The van der Waals surface area contributed by atoms with Gasteiger partial charge in [-0.25, -0.2) is 0 Å². The van der Waals surface area contributed by atoms with Crippen LogP contribution in [0.25, 0.3) is 10.9 Å². The van der Waals surface area contributed by atoms with Crippen LogP contribution in [0.2, 0.25) is 5.02 Å². The van der Waals surface area contributed by atoms with Crippen LogP contribution in [0.3, 0.4) is 0 Å². The number of rotatable bonds is 6. The van der Waals surface area contributed by atoms with Crippen molar-refractivity contribution in [3.8, 4) is 5.75 Å². The molecule has 3 aromatic rings. The summed E-state index contributed by atoms with van der Waals surface area (Å²) in [5, 5.41) is 1.76. The number of aromatic amines is 1. The number of H-pyrrole nitrogens is 1. The van der Waals surface area contributed by atoms with Crippen LogP contribution in [0.15, 0.2) is 59.4 Å². The van der Waals surface area contributed by atoms with Crippen LogP contribution in [-0.2, 0) is 0 Å². The Kier molecular flexibility index (Phi) is 5.84. The lowest BCUT2D eigenvalue weighted by molar-refractivity contribution is 0.225. The normalized spacial score (nSPS) is 15.1. The average molecular weight is 398 g/mol. The minimum atomic E-state index is -0.0858. The Morgan fingerprint density at radius 3 is 2.54 bits per heavy atom. The fourth-order valence-corrected chi connectivity index (χ4v) is 3.71. The number of hydrogen-bond acceptors (Lipinski definition) is 4. The first kappa shape index (κ1) is 18.8. The van der Waals surface area contributed by atoms with Crippen LogP contribution < -0.4 is 15.2 Å². The highest BCUT2D eigenvalue weighted by Gasteiger charge is 2.16. The molecular formula is C22H24ClN3O2. The number of piperazine rings is 1. The third kappa shape index (κ3) is 4.66. The van der Waals surface area contributed by atoms with E-state index in [2.05, 4.69) is 26.9 Å². The van der Waals surface area contributed by atoms with Crippen LogP contribution in [0.5, 0.6) is 5.75 Å². The van der Waals surface area contributed by atoms with Crippen molar-refractivity contribution in [2.24, 2.45) is 0 Å². The summed E-state index contributed by atoms with van der Waals surface area (Å²) in [6.07, 6.45) is 0.991. The average Bonchev–Trinajstić information content (AvgIpc) is 2.72. The first-order chi connectivity index (χ1) is 13.7. The van der Waals surface area contributed by atoms with E-state index in [-0.39, 0.29) is 5.56 Å². The van der Waals surface area contributed by atoms with Crippen LogP contribution in [0.1, 0.15) is 6.42 Å². The van der Waals surface area contributed by atoms with Crippen LogP contribution >= 0.6 is 11.6 Å². The molecular weight excluding hydrogens is 374 g/mol. The van der Waals surface area contributed by atoms with Gasteiger partial charge in [0.25, 0.3) is 0 Å². The molecule has 0 atom stereocenters. The molecule has 2 aromatic carbocycles. The summed E-state index contributed by atoms with van der Waals surface area (Å²) < 4.78 is 5.90. The van der Waals surface area contributed by atoms with Crippen molar-refractivity contribution < 1.29 is 4.74 Å². The predicted molar refractivity (Wildman–Crippen MR) is 115 cm³/mol. The molecule has 1 fully saturated rings. The number of fused-ring (bicyclic) bond motifs is 1. The summed E-state index contributed by atoms with van der Waals surface area (Å²) in [5.41, 5.74) is 1.99. The molecule has 1 aromatic heterocycles. The fraction of sp³-hybridized carbons (Fsp3) is 0.318. The van der Waals surface area contributed by atoms with E-state index in [1.54, 1.807) is 0 Å². The number of halogens is 1. The zero-order chi connectivity index (χ0) is 19.3. The molecule has 28 heavy (non-hydrogen) atoms. The summed E-state index contributed by atoms with van der Waals surface area (Å²) in [5.74, 6) is 0.840. The van der Waals surface area contributed by atoms with Crippen molar-refractivity contribution in [2.75, 3.05) is 44.2 Å². The van der Waals surface area contributed by atoms with Crippen molar-refractivity contribution in [1.29, 1.82) is 0 Å². The van der Waals surface area contributed by atoms with Crippen molar-refractivity contribution in [3.63, 3.8) is 0 Å². The Hall–Kier alpha value is -2.50. The Balaban J connectivity index is 1.20. The van der Waals surface area contributed by atoms with E-state index in [0.717, 1.165) is 60.8 Å². The van der Waals surface area contributed by atoms with Gasteiger partial charge in [0.05, 0.1) is 6.61 Å². The second-order valence-corrected chi connectivity index (χ2v) is 7.52. The third-order valence-corrected chi connectivity index (χ3v) is 5.40. The maximum absolute atomic E-state index is 11.3. The number of pyridine rings is 1. The Morgan fingerprint density at radius 1 is 0.964 bits per heavy atom. The zero-order valence-electron chi connectivity index (χ0n) is 15.7. The van der Waals surface area contributed by atoms with Gasteiger partial charge in [0.15, 0.2) is 0 Å². The smallest absolute Gasteiger partial charge is 0.248 e. The van der Waals surface area contributed by atoms with Gasteiger partial charge in [0, 0.05) is 60.4 Å². The van der Waals surface area contributed by atoms with Gasteiger partial charge in [-0.3, -0.25) is 9.69 Å². The largest absolute Gasteiger partial charge is 0.494 e. The number of hydrogen-bond donors (Lipinski definition) is 1. The van der Waals surface area contributed by atoms with Gasteiger partial charge in [-0.05, 0) is 55.0 Å². The number of aromatic nitrogens is 1. The quantitative estimate of drug-likeness (QED) is 0.643. The summed E-state index contributed by atoms with van der Waals surface area (Å²) >= 11 is 5.97. The fourth-order valence-electron chi connectivity index (χ4n) is 3.58. The number of benzene rings is 2. The number of nitrogens with one attached hydrogen (secondary N) is 1. The summed E-state index contributed by atoms with van der Waals surface area (Å²) in [6, 6.07) is 17.2. The van der Waals surface area contributed by atoms with Crippen molar-refractivity contribution in [3.05, 3.63) is 70.0 Å². The number of ether oxygens (including phenoxy) is 1. The molecule has 2 heterocycles. The van der Waals surface area contributed by atoms with Crippen molar-refractivity contribution in [2.45, 2.75) is 6.42 Å². The van der Waals surface area contributed by atoms with Gasteiger partial charge in [-0.2, -0.15) is 0 Å². The van der Waals surface area contributed by atoms with E-state index in [4.69, 9.17) is 16.3 Å². The van der Waals surface area contributed by atoms with Gasteiger partial charge >= 0.3 is 0 Å². The highest BCUT2D eigenvalue weighted by Crippen LogP contribution is 2.20. The molecule has 0 amide bonds. The van der Waals surface area contributed by atoms with E-state index >= 15 is 0 Å². The van der Waals surface area contributed by atoms with Crippen LogP contribution in [0, 0.1) is 0 Å². The molecule has 1 saturated heterocycles. The Bertz CT molecular complexity index is 979. The summed E-state index contributed by atoms with van der Waals surface area (Å²) in [7, 11) is 0. The molecule has 0 bridgehead atoms. The van der Waals surface area contributed by atoms with Gasteiger partial charge in [0.2, 0.25) is 5.56 Å². The topological polar surface area (TPSA) is 48.6 Å². The SMILES string of the molecule is O=c1ccc2cc(OCCCN3CCN(c4ccc(Cl)cc4)CC3)ccc2[nH]1. The molecule has 0 spiro atoms. The zero-order valence-corrected chi connectivity index (χ0v) is 16.5. The molecule has 1 aliphatic heterocycles. The molecule has 5 nitrogen and oxygen atoms in total. The maximum atomic E-state index is 11.3. The van der Waals surface area contributed by atoms with E-state index < -0.39 is 0 Å². The Labute approximate surface area is 169 Å². The minimum absolute atomic E-state index is 0.0858. The lowest BCUT2D eigenvalue weighted by Gasteiger charge is -2.36. The Morgan fingerprint density at radius 2 is 1.75 bits per heavy atom. The molecule has 0 saturated carbocycles. The highest BCUT2D eigenvalue weighted by molar-refractivity contribution is 6.30. The van der Waals surface area contributed by atoms with Gasteiger partial charge in [-0.15, -0.1) is 0 Å². The second-order valence-electron chi connectivity index (χ2n) is 7.08. The summed E-state index contributed by atoms with van der Waals surface area (Å²) in [4.78, 5) is 19.1. The highest BCUT2D eigenvalue weighted by atomic mass is 35.5. The third-order valence-electron chi connectivity index (χ3n) is 5.15. The van der Waals surface area contributed by atoms with Gasteiger partial charge in [-0.1, -0.05) is 11.6 Å². The lowest BCUT2D eigenvalue weighted by atomic mass is 10.2. The van der Waals surface area contributed by atoms with E-state index in [1.807, 2.05) is 36.4 Å². The van der Waals surface area contributed by atoms with Crippen LogP contribution in [-0.4, -0.2) is 49.2 Å². The first-order valence-electron chi connectivity index (χ1n) is 9.66. The minimum Gasteiger partial charge on any atom is -0.494 e. The van der Waals surface area contributed by atoms with Crippen molar-refractivity contribution in [1.82, 2.24) is 9.88 Å². The molecule has 4 rings (SSSR count). The standard InChI is InChI=1S/C22H24ClN3O2/c23-18-3-5-19(6-4-18)26-13-11-25(12-14-26)10-1-15-28-20-7-8-21-17(16-20)2-9-22(27)24-21/h2-9,16H,1,10-15H2,(H,24,27). The predicted octanol–water partition coefficient (Wildman–Crippen LogP) is 3.77. The van der Waals surface area contributed by atoms with E-state index in [1.165, 1.54) is 11.8 Å². The van der Waals surface area contributed by atoms with Crippen LogP contribution in [0.4, 0.5) is 5.69 Å². The molecule has 6 heteroatoms. The molecule has 1 aliphatic rings. The lowest BCUT2D eigenvalue weighted by Crippen LogP contribution is -2.46. The number of anilines is 1. The molecule has 1 N–H and O–H groups in total. The maximum Gasteiger partial charge on any atom is 0.248 e. The number of nitrogens with zero attached hydrogens (tertiary/aromatic N) is 2. The molecule has 0 unspecified atom stereocenters. The summed E-state index contributed by atoms with van der Waals surface area (Å²) in [6.45, 7) is 5.91. The molecule has 0 aliphatic carbocycles. The molecule has 0 radical (unpaired) electrons. The van der Waals surface area contributed by atoms with Gasteiger partial charge < -0.3 is 14.6 Å². The molecule has 146 valence electrons.